The summed E-state index contributed by atoms with van der Waals surface area (Å²) in [6, 6.07) is 24.1. The molecule has 0 spiro atoms. The summed E-state index contributed by atoms with van der Waals surface area (Å²) in [5.74, 6) is 2.37. The number of nitrogens with one attached hydrogen (secondary N) is 1. The van der Waals surface area contributed by atoms with Crippen molar-refractivity contribution in [1.29, 1.82) is 0 Å². The fourth-order valence-electron chi connectivity index (χ4n) is 4.35. The Balaban J connectivity index is 0.000000160. The number of oxazole rings is 2. The number of nitrogen functional groups attached to an aromatic ring is 1. The van der Waals surface area contributed by atoms with E-state index in [9.17, 15) is 4.79 Å². The van der Waals surface area contributed by atoms with Gasteiger partial charge in [0.1, 0.15) is 11.5 Å². The third-order valence-corrected chi connectivity index (χ3v) is 6.03. The molecule has 1 amide bonds. The van der Waals surface area contributed by atoms with E-state index in [1.54, 1.807) is 26.6 Å². The zero-order valence-electron chi connectivity index (χ0n) is 21.6. The largest absolute Gasteiger partial charge is 0.496 e. The van der Waals surface area contributed by atoms with Crippen LogP contribution in [0.1, 0.15) is 6.92 Å². The van der Waals surface area contributed by atoms with Gasteiger partial charge in [-0.15, -0.1) is 0 Å². The van der Waals surface area contributed by atoms with Crippen molar-refractivity contribution in [3.63, 3.8) is 0 Å². The smallest absolute Gasteiger partial charge is 0.301 e. The number of amides is 1. The summed E-state index contributed by atoms with van der Waals surface area (Å²) in [6.45, 7) is 1.41. The Morgan fingerprint density at radius 2 is 1.26 bits per heavy atom. The molecule has 2 heterocycles. The van der Waals surface area contributed by atoms with E-state index < -0.39 is 0 Å². The van der Waals surface area contributed by atoms with Crippen molar-refractivity contribution >= 4 is 39.5 Å². The van der Waals surface area contributed by atoms with Gasteiger partial charge in [-0.05, 0) is 33.7 Å². The zero-order chi connectivity index (χ0) is 27.4. The molecule has 0 saturated heterocycles. The molecule has 0 aliphatic carbocycles. The molecule has 39 heavy (non-hydrogen) atoms. The number of methoxy groups -OCH3 is 2. The molecular formula is C30H26N4O5. The number of fused-ring (bicyclic) bond motifs is 2. The summed E-state index contributed by atoms with van der Waals surface area (Å²) >= 11 is 0. The predicted molar refractivity (Wildman–Crippen MR) is 151 cm³/mol. The maximum absolute atomic E-state index is 11.1. The first-order valence-electron chi connectivity index (χ1n) is 12.1. The Bertz CT molecular complexity index is 1770. The van der Waals surface area contributed by atoms with Crippen molar-refractivity contribution in [1.82, 2.24) is 9.97 Å². The van der Waals surface area contributed by atoms with E-state index in [2.05, 4.69) is 15.3 Å². The molecule has 0 saturated carbocycles. The lowest BCUT2D eigenvalue weighted by Gasteiger charge is -2.09. The number of ether oxygens (including phenoxy) is 2. The number of rotatable bonds is 5. The molecule has 3 N–H and O–H groups in total. The van der Waals surface area contributed by atoms with Crippen LogP contribution in [0.5, 0.6) is 11.5 Å². The number of benzene rings is 4. The van der Waals surface area contributed by atoms with Gasteiger partial charge in [0, 0.05) is 6.92 Å². The van der Waals surface area contributed by atoms with Gasteiger partial charge in [0.25, 0.3) is 6.01 Å². The van der Waals surface area contributed by atoms with Crippen LogP contribution < -0.4 is 20.5 Å². The highest BCUT2D eigenvalue weighted by molar-refractivity contribution is 5.99. The van der Waals surface area contributed by atoms with Crippen LogP contribution in [-0.2, 0) is 4.79 Å². The highest BCUT2D eigenvalue weighted by atomic mass is 16.5. The van der Waals surface area contributed by atoms with Crippen molar-refractivity contribution in [2.45, 2.75) is 6.92 Å². The molecule has 2 aromatic heterocycles. The van der Waals surface area contributed by atoms with Gasteiger partial charge < -0.3 is 24.0 Å². The van der Waals surface area contributed by atoms with Gasteiger partial charge in [-0.25, -0.2) is 9.97 Å². The van der Waals surface area contributed by atoms with Gasteiger partial charge >= 0.3 is 6.01 Å². The monoisotopic (exact) mass is 522 g/mol. The average Bonchev–Trinajstić information content (AvgIpc) is 3.60. The van der Waals surface area contributed by atoms with Crippen LogP contribution >= 0.6 is 0 Å². The molecule has 6 rings (SSSR count). The molecule has 9 heteroatoms. The van der Waals surface area contributed by atoms with Gasteiger partial charge in [0.2, 0.25) is 5.91 Å². The normalized spacial score (nSPS) is 10.6. The molecule has 0 aliphatic heterocycles. The Morgan fingerprint density at radius 3 is 1.74 bits per heavy atom. The molecule has 0 unspecified atom stereocenters. The van der Waals surface area contributed by atoms with Gasteiger partial charge in [0.15, 0.2) is 11.5 Å². The summed E-state index contributed by atoms with van der Waals surface area (Å²) < 4.78 is 21.8. The van der Waals surface area contributed by atoms with E-state index in [4.69, 9.17) is 24.0 Å². The Labute approximate surface area is 224 Å². The number of hydrogen-bond donors (Lipinski definition) is 2. The minimum atomic E-state index is -0.228. The summed E-state index contributed by atoms with van der Waals surface area (Å²) in [5.41, 5.74) is 7.23. The molecule has 0 atom stereocenters. The number of anilines is 2. The Kier molecular flexibility index (Phi) is 7.13. The standard InChI is InChI=1S/C16H14N2O3.C14H12N2O2/c1-10(19)18-16-17-9-14(21-16)15-12-6-4-3-5-11(12)7-8-13(15)20-2;1-17-11-7-6-9-4-2-3-5-10(9)13(11)12-8-16-14(15)18-12/h3-9H,1-2H3,(H,17,18,19);2-8H,1H3,(H2,15,16). The van der Waals surface area contributed by atoms with Crippen molar-refractivity contribution in [2.24, 2.45) is 0 Å². The average molecular weight is 523 g/mol. The van der Waals surface area contributed by atoms with E-state index in [0.29, 0.717) is 17.3 Å². The van der Waals surface area contributed by atoms with Crippen LogP contribution in [0.2, 0.25) is 0 Å². The molecule has 0 fully saturated rings. The van der Waals surface area contributed by atoms with Crippen molar-refractivity contribution in [2.75, 3.05) is 25.3 Å². The molecular weight excluding hydrogens is 496 g/mol. The zero-order valence-corrected chi connectivity index (χ0v) is 21.6. The summed E-state index contributed by atoms with van der Waals surface area (Å²) in [4.78, 5) is 19.1. The van der Waals surface area contributed by atoms with Gasteiger partial charge in [-0.1, -0.05) is 60.7 Å². The van der Waals surface area contributed by atoms with Gasteiger partial charge in [-0.2, -0.15) is 0 Å². The van der Waals surface area contributed by atoms with Crippen molar-refractivity contribution in [3.05, 3.63) is 85.2 Å². The minimum absolute atomic E-state index is 0.153. The third-order valence-electron chi connectivity index (χ3n) is 6.03. The molecule has 9 nitrogen and oxygen atoms in total. The predicted octanol–water partition coefficient (Wildman–Crippen LogP) is 6.55. The SMILES string of the molecule is COc1ccc2ccccc2c1-c1cnc(N)o1.COc1ccc2ccccc2c1-c1cnc(NC(C)=O)o1. The third kappa shape index (κ3) is 5.24. The fraction of sp³-hybridized carbons (Fsp3) is 0.100. The van der Waals surface area contributed by atoms with E-state index in [1.165, 1.54) is 6.92 Å². The van der Waals surface area contributed by atoms with Crippen molar-refractivity contribution in [3.8, 4) is 34.1 Å². The summed E-state index contributed by atoms with van der Waals surface area (Å²) in [6.07, 6.45) is 3.19. The number of carbonyl (C=O) groups is 1. The second-order valence-electron chi connectivity index (χ2n) is 8.50. The molecule has 0 bridgehead atoms. The van der Waals surface area contributed by atoms with Crippen LogP contribution in [0.3, 0.4) is 0 Å². The topological polar surface area (TPSA) is 126 Å². The molecule has 196 valence electrons. The van der Waals surface area contributed by atoms with E-state index in [-0.39, 0.29) is 17.9 Å². The Hall–Kier alpha value is -5.31. The number of nitrogens with zero attached hydrogens (tertiary/aromatic N) is 2. The second kappa shape index (κ2) is 11.0. The summed E-state index contributed by atoms with van der Waals surface area (Å²) in [7, 11) is 3.24. The lowest BCUT2D eigenvalue weighted by atomic mass is 10.0. The minimum Gasteiger partial charge on any atom is -0.496 e. The maximum Gasteiger partial charge on any atom is 0.301 e. The lowest BCUT2D eigenvalue weighted by molar-refractivity contribution is -0.114. The highest BCUT2D eigenvalue weighted by Gasteiger charge is 2.16. The van der Waals surface area contributed by atoms with E-state index in [0.717, 1.165) is 38.4 Å². The Morgan fingerprint density at radius 1 is 0.744 bits per heavy atom. The first kappa shape index (κ1) is 25.3. The highest BCUT2D eigenvalue weighted by Crippen LogP contribution is 2.38. The quantitative estimate of drug-likeness (QED) is 0.261. The first-order chi connectivity index (χ1) is 19.0. The second-order valence-corrected chi connectivity index (χ2v) is 8.50. The van der Waals surface area contributed by atoms with Crippen LogP contribution in [0.15, 0.2) is 94.0 Å². The summed E-state index contributed by atoms with van der Waals surface area (Å²) in [5, 5.41) is 6.76. The number of hydrogen-bond acceptors (Lipinski definition) is 8. The van der Waals surface area contributed by atoms with E-state index >= 15 is 0 Å². The number of aromatic nitrogens is 2. The van der Waals surface area contributed by atoms with Crippen molar-refractivity contribution < 1.29 is 23.1 Å². The van der Waals surface area contributed by atoms with Crippen LogP contribution in [0, 0.1) is 0 Å². The molecule has 4 aromatic carbocycles. The van der Waals surface area contributed by atoms with Gasteiger partial charge in [-0.3, -0.25) is 10.1 Å². The van der Waals surface area contributed by atoms with Gasteiger partial charge in [0.05, 0.1) is 37.7 Å². The van der Waals surface area contributed by atoms with Crippen LogP contribution in [0.25, 0.3) is 44.2 Å². The molecule has 6 aromatic rings. The van der Waals surface area contributed by atoms with Crippen LogP contribution in [-0.4, -0.2) is 30.1 Å². The molecule has 0 aliphatic rings. The molecule has 0 radical (unpaired) electrons. The number of nitrogens with two attached hydrogens (primary N) is 1. The van der Waals surface area contributed by atoms with E-state index in [1.807, 2.05) is 72.8 Å². The fourth-order valence-corrected chi connectivity index (χ4v) is 4.35. The lowest BCUT2D eigenvalue weighted by Crippen LogP contribution is -2.05. The number of carbonyl (C=O) groups excluding carboxylic acids is 1. The maximum atomic E-state index is 11.1. The first-order valence-corrected chi connectivity index (χ1v) is 12.1. The van der Waals surface area contributed by atoms with Crippen LogP contribution in [0.4, 0.5) is 12.0 Å².